The van der Waals surface area contributed by atoms with E-state index in [0.717, 1.165) is 22.7 Å². The van der Waals surface area contributed by atoms with Crippen LogP contribution in [0.2, 0.25) is 39.3 Å². The minimum absolute atomic E-state index is 1.14. The lowest BCUT2D eigenvalue weighted by atomic mass is 9.95. The quantitative estimate of drug-likeness (QED) is 0.0912. The molecule has 0 amide bonds. The molecule has 7 aromatic carbocycles. The van der Waals surface area contributed by atoms with Gasteiger partial charge in [0.05, 0.1) is 27.5 Å². The smallest absolute Gasteiger partial charge is 0.0775 e. The predicted molar refractivity (Wildman–Crippen MR) is 217 cm³/mol. The summed E-state index contributed by atoms with van der Waals surface area (Å²) in [6, 6.07) is 58.2. The SMILES string of the molecule is C[Si](C)(C)c1ccc(N(c2ccccc2)c2c3ccccc3c(N(c3ccccc3)c3ccc([Si](C)(C)C)cc3)c3ccccc23)cc1. The first-order valence-electron chi connectivity index (χ1n) is 17.0. The van der Waals surface area contributed by atoms with Crippen LogP contribution in [0.5, 0.6) is 0 Å². The minimum Gasteiger partial charge on any atom is -0.309 e. The van der Waals surface area contributed by atoms with Gasteiger partial charge in [0.1, 0.15) is 0 Å². The molecule has 0 aliphatic heterocycles. The van der Waals surface area contributed by atoms with Crippen LogP contribution in [0, 0.1) is 0 Å². The molecular weight excluding hydrogens is 613 g/mol. The summed E-state index contributed by atoms with van der Waals surface area (Å²) in [7, 11) is -2.92. The van der Waals surface area contributed by atoms with E-state index in [0.29, 0.717) is 0 Å². The Bertz CT molecular complexity index is 1960. The minimum atomic E-state index is -1.46. The first kappa shape index (κ1) is 31.7. The zero-order valence-corrected chi connectivity index (χ0v) is 30.9. The van der Waals surface area contributed by atoms with Crippen LogP contribution in [0.4, 0.5) is 34.1 Å². The van der Waals surface area contributed by atoms with Crippen LogP contribution < -0.4 is 20.2 Å². The number of rotatable bonds is 8. The molecule has 48 heavy (non-hydrogen) atoms. The molecule has 0 atom stereocenters. The average Bonchev–Trinajstić information content (AvgIpc) is 3.10. The van der Waals surface area contributed by atoms with Gasteiger partial charge in [-0.1, -0.05) is 159 Å². The van der Waals surface area contributed by atoms with E-state index >= 15 is 0 Å². The second-order valence-corrected chi connectivity index (χ2v) is 24.9. The van der Waals surface area contributed by atoms with Gasteiger partial charge < -0.3 is 9.80 Å². The van der Waals surface area contributed by atoms with Crippen LogP contribution in [0.25, 0.3) is 21.5 Å². The maximum Gasteiger partial charge on any atom is 0.0775 e. The average molecular weight is 657 g/mol. The molecule has 0 heterocycles. The first-order chi connectivity index (χ1) is 23.1. The van der Waals surface area contributed by atoms with Crippen LogP contribution >= 0.6 is 0 Å². The van der Waals surface area contributed by atoms with E-state index < -0.39 is 16.1 Å². The van der Waals surface area contributed by atoms with Gasteiger partial charge >= 0.3 is 0 Å². The normalized spacial score (nSPS) is 12.0. The van der Waals surface area contributed by atoms with E-state index in [1.807, 2.05) is 0 Å². The van der Waals surface area contributed by atoms with E-state index in [4.69, 9.17) is 0 Å². The Kier molecular flexibility index (Phi) is 8.32. The van der Waals surface area contributed by atoms with Crippen molar-refractivity contribution in [2.75, 3.05) is 9.80 Å². The van der Waals surface area contributed by atoms with Gasteiger partial charge in [-0.3, -0.25) is 0 Å². The molecule has 0 fully saturated rings. The lowest BCUT2D eigenvalue weighted by Crippen LogP contribution is -2.37. The zero-order chi connectivity index (χ0) is 33.5. The molecule has 0 aromatic heterocycles. The van der Waals surface area contributed by atoms with E-state index in [1.165, 1.54) is 43.3 Å². The molecule has 0 N–H and O–H groups in total. The Labute approximate surface area is 287 Å². The predicted octanol–water partition coefficient (Wildman–Crippen LogP) is 12.0. The van der Waals surface area contributed by atoms with Gasteiger partial charge in [-0.2, -0.15) is 0 Å². The van der Waals surface area contributed by atoms with Crippen LogP contribution in [-0.2, 0) is 0 Å². The fourth-order valence-corrected chi connectivity index (χ4v) is 9.09. The summed E-state index contributed by atoms with van der Waals surface area (Å²) >= 11 is 0. The monoisotopic (exact) mass is 656 g/mol. The molecule has 0 bridgehead atoms. The first-order valence-corrected chi connectivity index (χ1v) is 24.0. The largest absolute Gasteiger partial charge is 0.309 e. The molecule has 2 nitrogen and oxygen atoms in total. The molecule has 7 aromatic rings. The summed E-state index contributed by atoms with van der Waals surface area (Å²) in [6.45, 7) is 14.5. The van der Waals surface area contributed by atoms with Gasteiger partial charge in [0.25, 0.3) is 0 Å². The molecular formula is C44H44N2Si2. The van der Waals surface area contributed by atoms with Crippen LogP contribution in [-0.4, -0.2) is 16.1 Å². The molecule has 7 rings (SSSR count). The Balaban J connectivity index is 1.55. The summed E-state index contributed by atoms with van der Waals surface area (Å²) in [4.78, 5) is 4.91. The van der Waals surface area contributed by atoms with Crippen LogP contribution in [0.15, 0.2) is 158 Å². The van der Waals surface area contributed by atoms with Gasteiger partial charge in [-0.15, -0.1) is 0 Å². The summed E-state index contributed by atoms with van der Waals surface area (Å²) in [6.07, 6.45) is 0. The summed E-state index contributed by atoms with van der Waals surface area (Å²) in [5.74, 6) is 0. The number of para-hydroxylation sites is 2. The third-order valence-electron chi connectivity index (χ3n) is 9.33. The molecule has 0 aliphatic rings. The number of fused-ring (bicyclic) bond motifs is 2. The van der Waals surface area contributed by atoms with E-state index in [-0.39, 0.29) is 0 Å². The molecule has 0 spiro atoms. The molecule has 238 valence electrons. The second kappa shape index (κ2) is 12.6. The Morgan fingerprint density at radius 1 is 0.292 bits per heavy atom. The van der Waals surface area contributed by atoms with Crippen molar-refractivity contribution in [2.45, 2.75) is 39.3 Å². The van der Waals surface area contributed by atoms with Crippen LogP contribution in [0.3, 0.4) is 0 Å². The van der Waals surface area contributed by atoms with E-state index in [1.54, 1.807) is 0 Å². The van der Waals surface area contributed by atoms with Gasteiger partial charge in [0.15, 0.2) is 0 Å². The fraction of sp³-hybridized carbons (Fsp3) is 0.136. The maximum absolute atomic E-state index is 2.46. The van der Waals surface area contributed by atoms with Crippen molar-refractivity contribution in [3.05, 3.63) is 158 Å². The highest BCUT2D eigenvalue weighted by Crippen LogP contribution is 2.50. The topological polar surface area (TPSA) is 6.48 Å². The van der Waals surface area contributed by atoms with Crippen molar-refractivity contribution in [3.8, 4) is 0 Å². The van der Waals surface area contributed by atoms with E-state index in [2.05, 4.69) is 207 Å². The zero-order valence-electron chi connectivity index (χ0n) is 28.9. The molecule has 0 saturated heterocycles. The summed E-state index contributed by atoms with van der Waals surface area (Å²) in [5.41, 5.74) is 6.99. The third kappa shape index (κ3) is 5.98. The van der Waals surface area contributed by atoms with Gasteiger partial charge in [0, 0.05) is 44.3 Å². The molecule has 0 unspecified atom stereocenters. The van der Waals surface area contributed by atoms with Gasteiger partial charge in [-0.25, -0.2) is 0 Å². The number of hydrogen-bond donors (Lipinski definition) is 0. The fourth-order valence-electron chi connectivity index (χ4n) is 6.75. The standard InChI is InChI=1S/C44H44N2Si2/c1-47(2,3)37-29-25-35(26-30-37)45(33-17-9-7-10-18-33)43-39-21-13-15-23-41(39)44(42-24-16-14-22-40(42)43)46(34-19-11-8-12-20-34)36-27-31-38(32-28-36)48(4,5)6/h7-32H,1-6H3. The highest BCUT2D eigenvalue weighted by atomic mass is 28.3. The van der Waals surface area contributed by atoms with E-state index in [9.17, 15) is 0 Å². The third-order valence-corrected chi connectivity index (χ3v) is 13.5. The van der Waals surface area contributed by atoms with Crippen molar-refractivity contribution >= 4 is 82.2 Å². The lowest BCUT2D eigenvalue weighted by Gasteiger charge is -2.33. The number of hydrogen-bond acceptors (Lipinski definition) is 2. The summed E-state index contributed by atoms with van der Waals surface area (Å²) in [5, 5.41) is 7.77. The molecule has 0 radical (unpaired) electrons. The Hall–Kier alpha value is -4.91. The molecule has 0 aliphatic carbocycles. The Morgan fingerprint density at radius 2 is 0.542 bits per heavy atom. The number of benzene rings is 7. The van der Waals surface area contributed by atoms with Gasteiger partial charge in [0.2, 0.25) is 0 Å². The number of anilines is 6. The van der Waals surface area contributed by atoms with Crippen molar-refractivity contribution in [3.63, 3.8) is 0 Å². The maximum atomic E-state index is 2.46. The number of nitrogens with zero attached hydrogens (tertiary/aromatic N) is 2. The second-order valence-electron chi connectivity index (χ2n) is 14.7. The van der Waals surface area contributed by atoms with Crippen molar-refractivity contribution in [1.29, 1.82) is 0 Å². The Morgan fingerprint density at radius 3 is 0.812 bits per heavy atom. The molecule has 4 heteroatoms. The van der Waals surface area contributed by atoms with Crippen molar-refractivity contribution in [1.82, 2.24) is 0 Å². The van der Waals surface area contributed by atoms with Crippen molar-refractivity contribution < 1.29 is 0 Å². The summed E-state index contributed by atoms with van der Waals surface area (Å²) < 4.78 is 0. The highest BCUT2D eigenvalue weighted by Gasteiger charge is 2.26. The van der Waals surface area contributed by atoms with Crippen molar-refractivity contribution in [2.24, 2.45) is 0 Å². The molecule has 0 saturated carbocycles. The van der Waals surface area contributed by atoms with Crippen LogP contribution in [0.1, 0.15) is 0 Å². The van der Waals surface area contributed by atoms with Gasteiger partial charge in [-0.05, 0) is 48.5 Å². The highest BCUT2D eigenvalue weighted by molar-refractivity contribution is 6.89. The lowest BCUT2D eigenvalue weighted by molar-refractivity contribution is 1.30.